The van der Waals surface area contributed by atoms with Gasteiger partial charge in [0, 0.05) is 17.8 Å². The first kappa shape index (κ1) is 15.3. The average Bonchev–Trinajstić information content (AvgIpc) is 2.58. The Kier molecular flexibility index (Phi) is 4.02. The molecule has 1 N–H and O–H groups in total. The summed E-state index contributed by atoms with van der Waals surface area (Å²) in [4.78, 5) is 38.3. The zero-order chi connectivity index (χ0) is 17.1. The normalized spacial score (nSPS) is 10.5. The summed E-state index contributed by atoms with van der Waals surface area (Å²) in [7, 11) is 0. The van der Waals surface area contributed by atoms with E-state index in [9.17, 15) is 19.7 Å². The van der Waals surface area contributed by atoms with Gasteiger partial charge in [-0.2, -0.15) is 0 Å². The number of nitrogens with one attached hydrogen (secondary N) is 1. The van der Waals surface area contributed by atoms with Crippen molar-refractivity contribution >= 4 is 28.3 Å². The predicted molar refractivity (Wildman–Crippen MR) is 87.7 cm³/mol. The summed E-state index contributed by atoms with van der Waals surface area (Å²) in [6.45, 7) is -0.182. The van der Waals surface area contributed by atoms with Crippen molar-refractivity contribution in [1.82, 2.24) is 9.55 Å². The van der Waals surface area contributed by atoms with Crippen LogP contribution in [0.3, 0.4) is 0 Å². The summed E-state index contributed by atoms with van der Waals surface area (Å²) in [5.41, 5.74) is 1.14. The number of nitro benzene ring substituents is 1. The number of nitro groups is 1. The maximum Gasteiger partial charge on any atom is 0.269 e. The van der Waals surface area contributed by atoms with Crippen LogP contribution in [0.25, 0.3) is 11.0 Å². The minimum atomic E-state index is -0.520. The molecule has 3 rings (SSSR count). The van der Waals surface area contributed by atoms with Crippen molar-refractivity contribution in [3.63, 3.8) is 0 Å². The first-order valence-electron chi connectivity index (χ1n) is 7.03. The van der Waals surface area contributed by atoms with Crippen molar-refractivity contribution in [1.29, 1.82) is 0 Å². The van der Waals surface area contributed by atoms with Crippen molar-refractivity contribution in [2.24, 2.45) is 0 Å². The van der Waals surface area contributed by atoms with E-state index in [1.165, 1.54) is 35.0 Å². The number of fused-ring (bicyclic) bond motifs is 1. The van der Waals surface area contributed by atoms with Crippen molar-refractivity contribution in [3.8, 4) is 0 Å². The van der Waals surface area contributed by atoms with E-state index in [1.54, 1.807) is 24.3 Å². The summed E-state index contributed by atoms with van der Waals surface area (Å²) in [6, 6.07) is 12.5. The fraction of sp³-hybridized carbons (Fsp3) is 0.0625. The lowest BCUT2D eigenvalue weighted by Crippen LogP contribution is -2.27. The van der Waals surface area contributed by atoms with Gasteiger partial charge in [0.15, 0.2) is 0 Å². The number of hydrogen-bond donors (Lipinski definition) is 1. The molecule has 0 atom stereocenters. The fourth-order valence-electron chi connectivity index (χ4n) is 2.29. The second-order valence-corrected chi connectivity index (χ2v) is 5.02. The largest absolute Gasteiger partial charge is 0.325 e. The average molecular weight is 324 g/mol. The molecule has 0 radical (unpaired) electrons. The van der Waals surface area contributed by atoms with E-state index in [2.05, 4.69) is 10.3 Å². The van der Waals surface area contributed by atoms with Gasteiger partial charge in [-0.3, -0.25) is 24.3 Å². The van der Waals surface area contributed by atoms with E-state index < -0.39 is 10.8 Å². The van der Waals surface area contributed by atoms with E-state index >= 15 is 0 Å². The van der Waals surface area contributed by atoms with Gasteiger partial charge in [0.05, 0.1) is 22.2 Å². The molecule has 0 aliphatic carbocycles. The number of hydrogen-bond acceptors (Lipinski definition) is 5. The van der Waals surface area contributed by atoms with E-state index in [-0.39, 0.29) is 17.8 Å². The molecule has 24 heavy (non-hydrogen) atoms. The van der Waals surface area contributed by atoms with E-state index in [0.717, 1.165) is 0 Å². The minimum Gasteiger partial charge on any atom is -0.325 e. The lowest BCUT2D eigenvalue weighted by molar-refractivity contribution is -0.384. The summed E-state index contributed by atoms with van der Waals surface area (Å²) >= 11 is 0. The molecule has 1 amide bonds. The molecule has 0 bridgehead atoms. The van der Waals surface area contributed by atoms with Crippen LogP contribution in [0.2, 0.25) is 0 Å². The Bertz CT molecular complexity index is 979. The van der Waals surface area contributed by atoms with Crippen LogP contribution in [0.4, 0.5) is 11.4 Å². The molecule has 0 fully saturated rings. The number of rotatable bonds is 4. The number of nitrogens with zero attached hydrogens (tertiary/aromatic N) is 3. The van der Waals surface area contributed by atoms with Gasteiger partial charge in [0.2, 0.25) is 5.91 Å². The molecule has 2 aromatic carbocycles. The van der Waals surface area contributed by atoms with E-state index in [1.807, 2.05) is 0 Å². The minimum absolute atomic E-state index is 0.0654. The number of anilines is 1. The van der Waals surface area contributed by atoms with Crippen LogP contribution in [0, 0.1) is 10.1 Å². The third-order valence-electron chi connectivity index (χ3n) is 3.42. The maximum absolute atomic E-state index is 12.2. The molecule has 8 nitrogen and oxygen atoms in total. The van der Waals surface area contributed by atoms with Crippen LogP contribution in [-0.2, 0) is 11.3 Å². The standard InChI is InChI=1S/C16H12N4O4/c21-15(18-11-5-7-12(8-6-11)20(23)24)10-19-14-4-2-1-3-13(14)17-9-16(19)22/h1-9H,10H2,(H,18,21). The van der Waals surface area contributed by atoms with Crippen LogP contribution in [0.15, 0.2) is 59.5 Å². The third-order valence-corrected chi connectivity index (χ3v) is 3.42. The predicted octanol–water partition coefficient (Wildman–Crippen LogP) is 1.94. The van der Waals surface area contributed by atoms with Crippen molar-refractivity contribution < 1.29 is 9.72 Å². The van der Waals surface area contributed by atoms with Crippen LogP contribution < -0.4 is 10.9 Å². The molecular formula is C16H12N4O4. The smallest absolute Gasteiger partial charge is 0.269 e. The Morgan fingerprint density at radius 2 is 1.88 bits per heavy atom. The first-order chi connectivity index (χ1) is 11.5. The lowest BCUT2D eigenvalue weighted by Gasteiger charge is -2.10. The maximum atomic E-state index is 12.2. The molecular weight excluding hydrogens is 312 g/mol. The molecule has 120 valence electrons. The lowest BCUT2D eigenvalue weighted by atomic mass is 10.2. The second kappa shape index (κ2) is 6.29. The van der Waals surface area contributed by atoms with E-state index in [0.29, 0.717) is 16.7 Å². The van der Waals surface area contributed by atoms with Gasteiger partial charge in [-0.25, -0.2) is 4.98 Å². The number of para-hydroxylation sites is 2. The quantitative estimate of drug-likeness (QED) is 0.583. The summed E-state index contributed by atoms with van der Waals surface area (Å²) < 4.78 is 1.32. The molecule has 0 aliphatic heterocycles. The molecule has 3 aromatic rings. The zero-order valence-corrected chi connectivity index (χ0v) is 12.4. The molecule has 0 saturated carbocycles. The highest BCUT2D eigenvalue weighted by molar-refractivity contribution is 5.91. The SMILES string of the molecule is O=C(Cn1c(=O)cnc2ccccc21)Nc1ccc([N+](=O)[O-])cc1. The molecule has 1 heterocycles. The number of carbonyl (C=O) groups is 1. The number of benzene rings is 2. The summed E-state index contributed by atoms with van der Waals surface area (Å²) in [5.74, 6) is -0.415. The van der Waals surface area contributed by atoms with Gasteiger partial charge in [-0.15, -0.1) is 0 Å². The summed E-state index contributed by atoms with van der Waals surface area (Å²) in [6.07, 6.45) is 1.17. The number of amides is 1. The Morgan fingerprint density at radius 3 is 2.58 bits per heavy atom. The number of carbonyl (C=O) groups excluding carboxylic acids is 1. The third kappa shape index (κ3) is 3.12. The van der Waals surface area contributed by atoms with Crippen LogP contribution in [-0.4, -0.2) is 20.4 Å². The highest BCUT2D eigenvalue weighted by atomic mass is 16.6. The Labute approximate surface area is 135 Å². The Morgan fingerprint density at radius 1 is 1.17 bits per heavy atom. The Balaban J connectivity index is 1.81. The molecule has 0 spiro atoms. The highest BCUT2D eigenvalue weighted by Crippen LogP contribution is 2.15. The first-order valence-corrected chi connectivity index (χ1v) is 7.03. The number of aromatic nitrogens is 2. The van der Waals surface area contributed by atoms with Gasteiger partial charge in [-0.05, 0) is 24.3 Å². The van der Waals surface area contributed by atoms with Crippen molar-refractivity contribution in [2.75, 3.05) is 5.32 Å². The topological polar surface area (TPSA) is 107 Å². The zero-order valence-electron chi connectivity index (χ0n) is 12.4. The summed E-state index contributed by atoms with van der Waals surface area (Å²) in [5, 5.41) is 13.2. The van der Waals surface area contributed by atoms with Gasteiger partial charge in [0.25, 0.3) is 11.2 Å². The molecule has 0 unspecified atom stereocenters. The van der Waals surface area contributed by atoms with Gasteiger partial charge in [-0.1, -0.05) is 12.1 Å². The molecule has 0 saturated heterocycles. The fourth-order valence-corrected chi connectivity index (χ4v) is 2.29. The molecule has 0 aliphatic rings. The number of non-ortho nitro benzene ring substituents is 1. The highest BCUT2D eigenvalue weighted by Gasteiger charge is 2.10. The van der Waals surface area contributed by atoms with Crippen molar-refractivity contribution in [3.05, 3.63) is 75.2 Å². The molecule has 1 aromatic heterocycles. The van der Waals surface area contributed by atoms with Gasteiger partial charge < -0.3 is 5.32 Å². The van der Waals surface area contributed by atoms with Crippen LogP contribution >= 0.6 is 0 Å². The monoisotopic (exact) mass is 324 g/mol. The van der Waals surface area contributed by atoms with Crippen LogP contribution in [0.1, 0.15) is 0 Å². The van der Waals surface area contributed by atoms with Crippen LogP contribution in [0.5, 0.6) is 0 Å². The van der Waals surface area contributed by atoms with E-state index in [4.69, 9.17) is 0 Å². The molecule has 8 heteroatoms. The second-order valence-electron chi connectivity index (χ2n) is 5.02. The van der Waals surface area contributed by atoms with Gasteiger partial charge >= 0.3 is 0 Å². The van der Waals surface area contributed by atoms with Gasteiger partial charge in [0.1, 0.15) is 6.54 Å². The van der Waals surface area contributed by atoms with Crippen molar-refractivity contribution in [2.45, 2.75) is 6.54 Å². The Hall–Kier alpha value is -3.55.